The van der Waals surface area contributed by atoms with Gasteiger partial charge in [-0.1, -0.05) is 0 Å². The van der Waals surface area contributed by atoms with Gasteiger partial charge in [0.25, 0.3) is 0 Å². The molecule has 0 aliphatic carbocycles. The topological polar surface area (TPSA) is 20.2 Å². The van der Waals surface area contributed by atoms with Crippen LogP contribution in [0.25, 0.3) is 10.8 Å². The minimum atomic E-state index is -1.08. The predicted octanol–water partition coefficient (Wildman–Crippen LogP) is 3.09. The standard InChI is InChI=1S/C23H16OTe/c24-23(18-14-13-16-7-1-2-8-17(16)15-18)19-9-3-5-11-21(19)25-22-12-6-4-10-20(22)23/h1-15,24H. The minimum absolute atomic E-state index is 0.478. The summed E-state index contributed by atoms with van der Waals surface area (Å²) in [5.74, 6) is 0. The van der Waals surface area contributed by atoms with Crippen molar-refractivity contribution in [3.05, 3.63) is 108 Å². The van der Waals surface area contributed by atoms with Crippen molar-refractivity contribution in [2.45, 2.75) is 5.60 Å². The maximum atomic E-state index is 12.0. The molecule has 0 bridgehead atoms. The molecule has 0 aromatic heterocycles. The van der Waals surface area contributed by atoms with Gasteiger partial charge >= 0.3 is 157 Å². The Labute approximate surface area is 157 Å². The Kier molecular flexibility index (Phi) is 3.47. The second kappa shape index (κ2) is 5.71. The fourth-order valence-electron chi connectivity index (χ4n) is 3.70. The zero-order chi connectivity index (χ0) is 16.9. The van der Waals surface area contributed by atoms with Gasteiger partial charge in [0.05, 0.1) is 0 Å². The van der Waals surface area contributed by atoms with Crippen LogP contribution < -0.4 is 7.22 Å². The van der Waals surface area contributed by atoms with Gasteiger partial charge in [0, 0.05) is 0 Å². The Morgan fingerprint density at radius 1 is 0.600 bits per heavy atom. The Hall–Kier alpha value is -2.11. The first kappa shape index (κ1) is 15.2. The summed E-state index contributed by atoms with van der Waals surface area (Å²) in [6, 6.07) is 31.4. The number of hydrogen-bond donors (Lipinski definition) is 1. The molecule has 0 spiro atoms. The number of fused-ring (bicyclic) bond motifs is 3. The van der Waals surface area contributed by atoms with Crippen LogP contribution in [0.2, 0.25) is 0 Å². The second-order valence-corrected chi connectivity index (χ2v) is 9.46. The summed E-state index contributed by atoms with van der Waals surface area (Å²) in [6.45, 7) is 0. The van der Waals surface area contributed by atoms with Gasteiger partial charge in [-0.15, -0.1) is 0 Å². The Bertz CT molecular complexity index is 1050. The molecule has 1 nitrogen and oxygen atoms in total. The molecule has 0 amide bonds. The molecule has 0 fully saturated rings. The van der Waals surface area contributed by atoms with Gasteiger partial charge in [-0.05, 0) is 0 Å². The van der Waals surface area contributed by atoms with Crippen LogP contribution in [-0.4, -0.2) is 26.0 Å². The molecule has 1 heterocycles. The number of benzene rings is 4. The van der Waals surface area contributed by atoms with E-state index in [2.05, 4.69) is 66.7 Å². The summed E-state index contributed by atoms with van der Waals surface area (Å²) in [5.41, 5.74) is 1.95. The molecule has 5 rings (SSSR count). The van der Waals surface area contributed by atoms with E-state index in [1.54, 1.807) is 0 Å². The molecule has 0 saturated carbocycles. The van der Waals surface area contributed by atoms with Crippen LogP contribution in [0.15, 0.2) is 91.0 Å². The summed E-state index contributed by atoms with van der Waals surface area (Å²) < 4.78 is 2.64. The molecule has 120 valence electrons. The molecular weight excluding hydrogens is 420 g/mol. The first-order valence-electron chi connectivity index (χ1n) is 8.35. The molecule has 0 unspecified atom stereocenters. The summed E-state index contributed by atoms with van der Waals surface area (Å²) in [4.78, 5) is 0. The van der Waals surface area contributed by atoms with Crippen molar-refractivity contribution >= 4 is 38.9 Å². The quantitative estimate of drug-likeness (QED) is 0.455. The van der Waals surface area contributed by atoms with Crippen molar-refractivity contribution in [1.29, 1.82) is 0 Å². The van der Waals surface area contributed by atoms with Crippen LogP contribution in [0, 0.1) is 0 Å². The first-order valence-corrected chi connectivity index (χ1v) is 10.7. The van der Waals surface area contributed by atoms with Crippen LogP contribution in [-0.2, 0) is 5.60 Å². The van der Waals surface area contributed by atoms with Gasteiger partial charge < -0.3 is 0 Å². The SMILES string of the molecule is OC1(c2ccc3ccccc3c2)c2ccccc2[Te]c2ccccc21. The van der Waals surface area contributed by atoms with E-state index < -0.39 is 26.5 Å². The number of rotatable bonds is 1. The Morgan fingerprint density at radius 2 is 1.16 bits per heavy atom. The molecule has 4 aromatic carbocycles. The van der Waals surface area contributed by atoms with Gasteiger partial charge in [0.2, 0.25) is 0 Å². The average molecular weight is 436 g/mol. The monoisotopic (exact) mass is 438 g/mol. The summed E-state index contributed by atoms with van der Waals surface area (Å²) in [7, 11) is 0. The third-order valence-electron chi connectivity index (χ3n) is 4.94. The van der Waals surface area contributed by atoms with Crippen LogP contribution >= 0.6 is 0 Å². The van der Waals surface area contributed by atoms with Crippen LogP contribution in [0.4, 0.5) is 0 Å². The van der Waals surface area contributed by atoms with Crippen molar-refractivity contribution < 1.29 is 5.11 Å². The van der Waals surface area contributed by atoms with E-state index in [1.165, 1.54) is 12.6 Å². The van der Waals surface area contributed by atoms with Crippen molar-refractivity contribution in [2.75, 3.05) is 0 Å². The number of hydrogen-bond acceptors (Lipinski definition) is 1. The van der Waals surface area contributed by atoms with Crippen LogP contribution in [0.1, 0.15) is 16.7 Å². The fraction of sp³-hybridized carbons (Fsp3) is 0.0435. The molecule has 4 aromatic rings. The van der Waals surface area contributed by atoms with E-state index in [1.807, 2.05) is 24.3 Å². The normalized spacial score (nSPS) is 14.8. The van der Waals surface area contributed by atoms with Gasteiger partial charge in [-0.25, -0.2) is 0 Å². The molecule has 1 N–H and O–H groups in total. The molecule has 0 saturated heterocycles. The van der Waals surface area contributed by atoms with E-state index in [-0.39, 0.29) is 0 Å². The molecule has 25 heavy (non-hydrogen) atoms. The zero-order valence-corrected chi connectivity index (χ0v) is 15.8. The zero-order valence-electron chi connectivity index (χ0n) is 13.5. The van der Waals surface area contributed by atoms with Crippen molar-refractivity contribution in [3.63, 3.8) is 0 Å². The fourth-order valence-corrected chi connectivity index (χ4v) is 7.07. The summed E-state index contributed by atoms with van der Waals surface area (Å²) in [6.07, 6.45) is 0. The molecule has 1 aliphatic rings. The predicted molar refractivity (Wildman–Crippen MR) is 104 cm³/mol. The Balaban J connectivity index is 1.84. The molecule has 0 atom stereocenters. The van der Waals surface area contributed by atoms with Crippen molar-refractivity contribution in [3.8, 4) is 0 Å². The summed E-state index contributed by atoms with van der Waals surface area (Å²) in [5, 5.41) is 14.4. The Morgan fingerprint density at radius 3 is 1.84 bits per heavy atom. The molecular formula is C23H16OTe. The average Bonchev–Trinajstić information content (AvgIpc) is 2.68. The van der Waals surface area contributed by atoms with E-state index in [0.717, 1.165) is 22.1 Å². The van der Waals surface area contributed by atoms with Crippen LogP contribution in [0.5, 0.6) is 0 Å². The van der Waals surface area contributed by atoms with Gasteiger partial charge in [0.1, 0.15) is 0 Å². The van der Waals surface area contributed by atoms with Crippen LogP contribution in [0.3, 0.4) is 0 Å². The van der Waals surface area contributed by atoms with E-state index >= 15 is 0 Å². The summed E-state index contributed by atoms with van der Waals surface area (Å²) >= 11 is -0.478. The van der Waals surface area contributed by atoms with E-state index in [9.17, 15) is 5.11 Å². The second-order valence-electron chi connectivity index (χ2n) is 6.37. The first-order chi connectivity index (χ1) is 12.3. The molecule has 1 aliphatic heterocycles. The number of aliphatic hydroxyl groups is 1. The van der Waals surface area contributed by atoms with Crippen molar-refractivity contribution in [2.24, 2.45) is 0 Å². The van der Waals surface area contributed by atoms with Gasteiger partial charge in [-0.3, -0.25) is 0 Å². The van der Waals surface area contributed by atoms with Gasteiger partial charge in [-0.2, -0.15) is 0 Å². The third-order valence-corrected chi connectivity index (χ3v) is 8.23. The third kappa shape index (κ3) is 2.26. The maximum absolute atomic E-state index is 12.0. The van der Waals surface area contributed by atoms with E-state index in [4.69, 9.17) is 0 Å². The molecule has 2 heteroatoms. The van der Waals surface area contributed by atoms with Crippen molar-refractivity contribution in [1.82, 2.24) is 0 Å². The van der Waals surface area contributed by atoms with Gasteiger partial charge in [0.15, 0.2) is 0 Å². The van der Waals surface area contributed by atoms with E-state index in [0.29, 0.717) is 0 Å². The molecule has 0 radical (unpaired) electrons.